The van der Waals surface area contributed by atoms with E-state index >= 15 is 0 Å². The van der Waals surface area contributed by atoms with E-state index in [-0.39, 0.29) is 18.3 Å². The molecule has 0 radical (unpaired) electrons. The topological polar surface area (TPSA) is 49.3 Å². The largest absolute Gasteiger partial charge is 0.384 e. The number of rotatable bonds is 5. The first kappa shape index (κ1) is 15.7. The molecule has 1 aliphatic carbocycles. The lowest BCUT2D eigenvalue weighted by Crippen LogP contribution is -2.43. The van der Waals surface area contributed by atoms with Crippen LogP contribution in [0.2, 0.25) is 0 Å². The number of nitrogens with one attached hydrogen (secondary N) is 1. The van der Waals surface area contributed by atoms with Crippen molar-refractivity contribution < 1.29 is 14.3 Å². The first-order valence-corrected chi connectivity index (χ1v) is 7.76. The first-order chi connectivity index (χ1) is 10.9. The molecule has 0 spiro atoms. The van der Waals surface area contributed by atoms with Crippen LogP contribution in [-0.4, -0.2) is 17.6 Å². The van der Waals surface area contributed by atoms with Crippen molar-refractivity contribution in [3.8, 4) is 0 Å². The molecule has 0 bridgehead atoms. The molecule has 4 heteroatoms. The van der Waals surface area contributed by atoms with Gasteiger partial charge in [-0.1, -0.05) is 42.5 Å². The second-order valence-electron chi connectivity index (χ2n) is 6.41. The van der Waals surface area contributed by atoms with Crippen LogP contribution in [0.3, 0.4) is 0 Å². The van der Waals surface area contributed by atoms with Crippen LogP contribution in [0.25, 0.3) is 0 Å². The van der Waals surface area contributed by atoms with Crippen LogP contribution in [0.4, 0.5) is 4.39 Å². The molecule has 1 aliphatic rings. The van der Waals surface area contributed by atoms with Gasteiger partial charge in [0.25, 0.3) is 0 Å². The maximum Gasteiger partial charge on any atom is 0.230 e. The molecule has 0 heterocycles. The lowest BCUT2D eigenvalue weighted by atomic mass is 9.93. The normalized spacial score (nSPS) is 18.0. The van der Waals surface area contributed by atoms with Gasteiger partial charge >= 0.3 is 0 Å². The highest BCUT2D eigenvalue weighted by molar-refractivity contribution is 5.91. The average molecular weight is 313 g/mol. The SMILES string of the molecule is CC(O)(CNC(=O)C1(c2ccccc2)CC1)c1ccc(F)cc1. The number of hydrogen-bond donors (Lipinski definition) is 2. The number of benzene rings is 2. The van der Waals surface area contributed by atoms with E-state index < -0.39 is 11.0 Å². The van der Waals surface area contributed by atoms with E-state index in [9.17, 15) is 14.3 Å². The van der Waals surface area contributed by atoms with Gasteiger partial charge in [-0.15, -0.1) is 0 Å². The minimum Gasteiger partial charge on any atom is -0.384 e. The van der Waals surface area contributed by atoms with Crippen LogP contribution < -0.4 is 5.32 Å². The number of carbonyl (C=O) groups is 1. The van der Waals surface area contributed by atoms with E-state index in [1.807, 2.05) is 30.3 Å². The average Bonchev–Trinajstić information content (AvgIpc) is 3.36. The highest BCUT2D eigenvalue weighted by atomic mass is 19.1. The van der Waals surface area contributed by atoms with Crippen molar-refractivity contribution in [2.45, 2.75) is 30.8 Å². The van der Waals surface area contributed by atoms with Crippen molar-refractivity contribution in [2.75, 3.05) is 6.54 Å². The molecule has 2 aromatic carbocycles. The van der Waals surface area contributed by atoms with Crippen LogP contribution in [0.1, 0.15) is 30.9 Å². The van der Waals surface area contributed by atoms with Crippen molar-refractivity contribution in [1.82, 2.24) is 5.32 Å². The molecule has 0 aliphatic heterocycles. The third-order valence-electron chi connectivity index (χ3n) is 4.57. The van der Waals surface area contributed by atoms with E-state index in [1.54, 1.807) is 6.92 Å². The van der Waals surface area contributed by atoms with Gasteiger partial charge in [-0.3, -0.25) is 4.79 Å². The lowest BCUT2D eigenvalue weighted by molar-refractivity contribution is -0.124. The van der Waals surface area contributed by atoms with Gasteiger partial charge in [0.1, 0.15) is 11.4 Å². The van der Waals surface area contributed by atoms with Crippen LogP contribution >= 0.6 is 0 Å². The second kappa shape index (κ2) is 5.78. The van der Waals surface area contributed by atoms with Crippen molar-refractivity contribution in [3.63, 3.8) is 0 Å². The molecule has 0 saturated heterocycles. The molecule has 2 aromatic rings. The zero-order valence-electron chi connectivity index (χ0n) is 13.1. The third-order valence-corrected chi connectivity index (χ3v) is 4.57. The van der Waals surface area contributed by atoms with Crippen molar-refractivity contribution >= 4 is 5.91 Å². The fourth-order valence-corrected chi connectivity index (χ4v) is 2.86. The number of aliphatic hydroxyl groups is 1. The fourth-order valence-electron chi connectivity index (χ4n) is 2.86. The maximum absolute atomic E-state index is 13.0. The Morgan fingerprint density at radius 3 is 2.35 bits per heavy atom. The van der Waals surface area contributed by atoms with Gasteiger partial charge in [0, 0.05) is 0 Å². The molecule has 1 fully saturated rings. The quantitative estimate of drug-likeness (QED) is 0.892. The minimum absolute atomic E-state index is 0.0638. The van der Waals surface area contributed by atoms with Crippen molar-refractivity contribution in [3.05, 3.63) is 71.5 Å². The fraction of sp³-hybridized carbons (Fsp3) is 0.316. The summed E-state index contributed by atoms with van der Waals surface area (Å²) < 4.78 is 13.0. The molecule has 1 saturated carbocycles. The summed E-state index contributed by atoms with van der Waals surface area (Å²) in [6.07, 6.45) is 1.64. The maximum atomic E-state index is 13.0. The Hall–Kier alpha value is -2.20. The number of halogens is 1. The molecule has 1 atom stereocenters. The molecule has 1 unspecified atom stereocenters. The Balaban J connectivity index is 1.68. The predicted molar refractivity (Wildman–Crippen MR) is 86.3 cm³/mol. The van der Waals surface area contributed by atoms with Crippen molar-refractivity contribution in [2.24, 2.45) is 0 Å². The summed E-state index contributed by atoms with van der Waals surface area (Å²) in [6.45, 7) is 1.70. The number of hydrogen-bond acceptors (Lipinski definition) is 2. The van der Waals surface area contributed by atoms with Crippen LogP contribution in [0.15, 0.2) is 54.6 Å². The van der Waals surface area contributed by atoms with Gasteiger partial charge in [-0.2, -0.15) is 0 Å². The number of carbonyl (C=O) groups excluding carboxylic acids is 1. The van der Waals surface area contributed by atoms with E-state index in [4.69, 9.17) is 0 Å². The summed E-state index contributed by atoms with van der Waals surface area (Å²) in [5.74, 6) is -0.416. The molecule has 3 rings (SSSR count). The van der Waals surface area contributed by atoms with Gasteiger partial charge in [-0.25, -0.2) is 4.39 Å². The number of amides is 1. The molecule has 3 nitrogen and oxygen atoms in total. The Morgan fingerprint density at radius 1 is 1.17 bits per heavy atom. The molecular weight excluding hydrogens is 293 g/mol. The molecule has 2 N–H and O–H groups in total. The zero-order valence-corrected chi connectivity index (χ0v) is 13.1. The molecule has 0 aromatic heterocycles. The Labute approximate surface area is 135 Å². The molecular formula is C19H20FNO2. The summed E-state index contributed by atoms with van der Waals surface area (Å²) in [6, 6.07) is 15.4. The second-order valence-corrected chi connectivity index (χ2v) is 6.41. The highest BCUT2D eigenvalue weighted by Crippen LogP contribution is 2.48. The Morgan fingerprint density at radius 2 is 1.78 bits per heavy atom. The summed E-state index contributed by atoms with van der Waals surface area (Å²) in [5.41, 5.74) is -0.112. The van der Waals surface area contributed by atoms with Gasteiger partial charge < -0.3 is 10.4 Å². The molecule has 23 heavy (non-hydrogen) atoms. The molecule has 120 valence electrons. The lowest BCUT2D eigenvalue weighted by Gasteiger charge is -2.26. The van der Waals surface area contributed by atoms with E-state index in [0.717, 1.165) is 18.4 Å². The minimum atomic E-state index is -1.24. The smallest absolute Gasteiger partial charge is 0.230 e. The van der Waals surface area contributed by atoms with E-state index in [0.29, 0.717) is 5.56 Å². The summed E-state index contributed by atoms with van der Waals surface area (Å²) in [5, 5.41) is 13.4. The third kappa shape index (κ3) is 3.13. The van der Waals surface area contributed by atoms with Crippen LogP contribution in [0.5, 0.6) is 0 Å². The van der Waals surface area contributed by atoms with Crippen molar-refractivity contribution in [1.29, 1.82) is 0 Å². The summed E-state index contributed by atoms with van der Waals surface area (Å²) >= 11 is 0. The van der Waals surface area contributed by atoms with Gasteiger partial charge in [-0.05, 0) is 43.0 Å². The van der Waals surface area contributed by atoms with E-state index in [2.05, 4.69) is 5.32 Å². The highest BCUT2D eigenvalue weighted by Gasteiger charge is 2.51. The van der Waals surface area contributed by atoms with Gasteiger partial charge in [0.2, 0.25) is 5.91 Å². The van der Waals surface area contributed by atoms with Crippen LogP contribution in [-0.2, 0) is 15.8 Å². The predicted octanol–water partition coefficient (Wildman–Crippen LogP) is 2.88. The molecule has 1 amide bonds. The van der Waals surface area contributed by atoms with Gasteiger partial charge in [0.15, 0.2) is 0 Å². The summed E-state index contributed by atoms with van der Waals surface area (Å²) in [7, 11) is 0. The first-order valence-electron chi connectivity index (χ1n) is 7.76. The Kier molecular flexibility index (Phi) is 3.94. The van der Waals surface area contributed by atoms with Crippen LogP contribution in [0, 0.1) is 5.82 Å². The van der Waals surface area contributed by atoms with E-state index in [1.165, 1.54) is 24.3 Å². The monoisotopic (exact) mass is 313 g/mol. The Bertz CT molecular complexity index is 691. The summed E-state index contributed by atoms with van der Waals surface area (Å²) in [4.78, 5) is 12.6. The van der Waals surface area contributed by atoms with Gasteiger partial charge in [0.05, 0.1) is 12.0 Å². The standard InChI is InChI=1S/C19H20FNO2/c1-18(23,14-7-9-16(20)10-8-14)13-21-17(22)19(11-12-19)15-5-3-2-4-6-15/h2-10,23H,11-13H2,1H3,(H,21,22). The zero-order chi connectivity index (χ0) is 16.5.